The van der Waals surface area contributed by atoms with E-state index in [1.54, 1.807) is 7.11 Å². The Bertz CT molecular complexity index is 577. The van der Waals surface area contributed by atoms with Gasteiger partial charge in [0.05, 0.1) is 7.11 Å². The molecule has 0 fully saturated rings. The number of amides is 1. The molecule has 0 bridgehead atoms. The van der Waals surface area contributed by atoms with E-state index in [4.69, 9.17) is 4.74 Å². The van der Waals surface area contributed by atoms with Crippen LogP contribution in [0.25, 0.3) is 0 Å². The number of aryl methyl sites for hydroxylation is 1. The van der Waals surface area contributed by atoms with Crippen molar-refractivity contribution >= 4 is 17.3 Å². The van der Waals surface area contributed by atoms with Gasteiger partial charge in [-0.05, 0) is 43.3 Å². The van der Waals surface area contributed by atoms with Crippen molar-refractivity contribution in [2.75, 3.05) is 24.3 Å². The van der Waals surface area contributed by atoms with Gasteiger partial charge in [0.15, 0.2) is 0 Å². The normalized spacial score (nSPS) is 10.0. The summed E-state index contributed by atoms with van der Waals surface area (Å²) in [6, 6.07) is 15.4. The molecule has 0 saturated heterocycles. The maximum Gasteiger partial charge on any atom is 0.226 e. The Kier molecular flexibility index (Phi) is 5.21. The average Bonchev–Trinajstić information content (AvgIpc) is 2.50. The zero-order chi connectivity index (χ0) is 15.1. The molecule has 0 aliphatic carbocycles. The molecular formula is C17H20N2O2. The van der Waals surface area contributed by atoms with Gasteiger partial charge < -0.3 is 15.4 Å². The monoisotopic (exact) mass is 284 g/mol. The first kappa shape index (κ1) is 14.9. The summed E-state index contributed by atoms with van der Waals surface area (Å²) in [6.45, 7) is 2.65. The fourth-order valence-corrected chi connectivity index (χ4v) is 1.89. The maximum absolute atomic E-state index is 11.8. The van der Waals surface area contributed by atoms with Crippen LogP contribution < -0.4 is 15.4 Å². The van der Waals surface area contributed by atoms with Gasteiger partial charge in [0.1, 0.15) is 5.75 Å². The molecule has 2 aromatic rings. The van der Waals surface area contributed by atoms with Gasteiger partial charge in [0.2, 0.25) is 5.91 Å². The number of carbonyl (C=O) groups excluding carboxylic acids is 1. The average molecular weight is 284 g/mol. The standard InChI is InChI=1S/C17H20N2O2/c1-13-3-5-14(6-4-13)18-12-11-17(20)19-15-7-9-16(21-2)10-8-15/h3-10,18H,11-12H2,1-2H3,(H,19,20). The van der Waals surface area contributed by atoms with Gasteiger partial charge in [-0.2, -0.15) is 0 Å². The highest BCUT2D eigenvalue weighted by Crippen LogP contribution is 2.15. The van der Waals surface area contributed by atoms with Crippen LogP contribution in [0.15, 0.2) is 48.5 Å². The molecule has 1 amide bonds. The summed E-state index contributed by atoms with van der Waals surface area (Å²) in [5, 5.41) is 6.08. The van der Waals surface area contributed by atoms with Crippen molar-refractivity contribution in [1.82, 2.24) is 0 Å². The first-order valence-corrected chi connectivity index (χ1v) is 6.92. The zero-order valence-electron chi connectivity index (χ0n) is 12.3. The van der Waals surface area contributed by atoms with Crippen LogP contribution >= 0.6 is 0 Å². The van der Waals surface area contributed by atoms with E-state index in [9.17, 15) is 4.79 Å². The Morgan fingerprint density at radius 2 is 1.62 bits per heavy atom. The number of benzene rings is 2. The molecule has 0 spiro atoms. The van der Waals surface area contributed by atoms with E-state index in [0.29, 0.717) is 13.0 Å². The van der Waals surface area contributed by atoms with Crippen LogP contribution in [0.2, 0.25) is 0 Å². The highest BCUT2D eigenvalue weighted by atomic mass is 16.5. The number of carbonyl (C=O) groups is 1. The van der Waals surface area contributed by atoms with Crippen LogP contribution in [0.1, 0.15) is 12.0 Å². The summed E-state index contributed by atoms with van der Waals surface area (Å²) in [7, 11) is 1.62. The second-order valence-corrected chi connectivity index (χ2v) is 4.82. The summed E-state index contributed by atoms with van der Waals surface area (Å²) in [6.07, 6.45) is 0.417. The summed E-state index contributed by atoms with van der Waals surface area (Å²) < 4.78 is 5.07. The topological polar surface area (TPSA) is 50.4 Å². The summed E-state index contributed by atoms with van der Waals surface area (Å²) in [5.41, 5.74) is 3.02. The van der Waals surface area contributed by atoms with Crippen molar-refractivity contribution in [2.24, 2.45) is 0 Å². The quantitative estimate of drug-likeness (QED) is 0.854. The van der Waals surface area contributed by atoms with Crippen LogP contribution in [0.3, 0.4) is 0 Å². The number of hydrogen-bond donors (Lipinski definition) is 2. The van der Waals surface area contributed by atoms with Gasteiger partial charge in [0, 0.05) is 24.3 Å². The first-order chi connectivity index (χ1) is 10.2. The largest absolute Gasteiger partial charge is 0.497 e. The van der Waals surface area contributed by atoms with Gasteiger partial charge in [-0.25, -0.2) is 0 Å². The molecule has 2 N–H and O–H groups in total. The van der Waals surface area contributed by atoms with Crippen LogP contribution in [0, 0.1) is 6.92 Å². The molecule has 0 aliphatic rings. The molecule has 0 radical (unpaired) electrons. The van der Waals surface area contributed by atoms with Crippen molar-refractivity contribution in [2.45, 2.75) is 13.3 Å². The minimum atomic E-state index is -0.0141. The third-order valence-corrected chi connectivity index (χ3v) is 3.11. The Morgan fingerprint density at radius 3 is 2.24 bits per heavy atom. The van der Waals surface area contributed by atoms with E-state index in [1.807, 2.05) is 55.5 Å². The molecular weight excluding hydrogens is 264 g/mol. The SMILES string of the molecule is COc1ccc(NC(=O)CCNc2ccc(C)cc2)cc1. The second-order valence-electron chi connectivity index (χ2n) is 4.82. The van der Waals surface area contributed by atoms with E-state index in [2.05, 4.69) is 10.6 Å². The Labute approximate surface area is 125 Å². The van der Waals surface area contributed by atoms with Gasteiger partial charge in [-0.1, -0.05) is 17.7 Å². The van der Waals surface area contributed by atoms with E-state index >= 15 is 0 Å². The van der Waals surface area contributed by atoms with Gasteiger partial charge in [-0.15, -0.1) is 0 Å². The van der Waals surface area contributed by atoms with Crippen molar-refractivity contribution < 1.29 is 9.53 Å². The lowest BCUT2D eigenvalue weighted by Gasteiger charge is -2.08. The van der Waals surface area contributed by atoms with Crippen molar-refractivity contribution in [3.63, 3.8) is 0 Å². The third kappa shape index (κ3) is 4.84. The van der Waals surface area contributed by atoms with Gasteiger partial charge in [-0.3, -0.25) is 4.79 Å². The van der Waals surface area contributed by atoms with E-state index in [0.717, 1.165) is 17.1 Å². The highest BCUT2D eigenvalue weighted by Gasteiger charge is 2.02. The van der Waals surface area contributed by atoms with Crippen molar-refractivity contribution in [3.05, 3.63) is 54.1 Å². The Morgan fingerprint density at radius 1 is 1.00 bits per heavy atom. The fraction of sp³-hybridized carbons (Fsp3) is 0.235. The van der Waals surface area contributed by atoms with E-state index < -0.39 is 0 Å². The number of nitrogens with one attached hydrogen (secondary N) is 2. The minimum Gasteiger partial charge on any atom is -0.497 e. The minimum absolute atomic E-state index is 0.0141. The number of methoxy groups -OCH3 is 1. The molecule has 0 aromatic heterocycles. The lowest BCUT2D eigenvalue weighted by atomic mass is 10.2. The molecule has 0 aliphatic heterocycles. The highest BCUT2D eigenvalue weighted by molar-refractivity contribution is 5.91. The Hall–Kier alpha value is -2.49. The molecule has 2 aromatic carbocycles. The number of hydrogen-bond acceptors (Lipinski definition) is 3. The van der Waals surface area contributed by atoms with Crippen LogP contribution in [0.5, 0.6) is 5.75 Å². The molecule has 0 heterocycles. The second kappa shape index (κ2) is 7.33. The van der Waals surface area contributed by atoms with E-state index in [1.165, 1.54) is 5.56 Å². The van der Waals surface area contributed by atoms with E-state index in [-0.39, 0.29) is 5.91 Å². The summed E-state index contributed by atoms with van der Waals surface area (Å²) >= 11 is 0. The molecule has 4 nitrogen and oxygen atoms in total. The molecule has 21 heavy (non-hydrogen) atoms. The molecule has 4 heteroatoms. The summed E-state index contributed by atoms with van der Waals surface area (Å²) in [5.74, 6) is 0.758. The summed E-state index contributed by atoms with van der Waals surface area (Å²) in [4.78, 5) is 11.8. The maximum atomic E-state index is 11.8. The van der Waals surface area contributed by atoms with Gasteiger partial charge in [0.25, 0.3) is 0 Å². The molecule has 2 rings (SSSR count). The predicted molar refractivity (Wildman–Crippen MR) is 85.9 cm³/mol. The molecule has 110 valence electrons. The number of ether oxygens (including phenoxy) is 1. The Balaban J connectivity index is 1.75. The first-order valence-electron chi connectivity index (χ1n) is 6.92. The lowest BCUT2D eigenvalue weighted by Crippen LogP contribution is -2.16. The van der Waals surface area contributed by atoms with Crippen LogP contribution in [-0.2, 0) is 4.79 Å². The van der Waals surface area contributed by atoms with Gasteiger partial charge >= 0.3 is 0 Å². The smallest absolute Gasteiger partial charge is 0.226 e. The van der Waals surface area contributed by atoms with Crippen LogP contribution in [-0.4, -0.2) is 19.6 Å². The lowest BCUT2D eigenvalue weighted by molar-refractivity contribution is -0.115. The van der Waals surface area contributed by atoms with Crippen molar-refractivity contribution in [1.29, 1.82) is 0 Å². The predicted octanol–water partition coefficient (Wildman–Crippen LogP) is 3.44. The number of rotatable bonds is 6. The molecule has 0 atom stereocenters. The fourth-order valence-electron chi connectivity index (χ4n) is 1.89. The molecule has 0 saturated carbocycles. The number of anilines is 2. The van der Waals surface area contributed by atoms with Crippen LogP contribution in [0.4, 0.5) is 11.4 Å². The third-order valence-electron chi connectivity index (χ3n) is 3.11. The molecule has 0 unspecified atom stereocenters. The zero-order valence-corrected chi connectivity index (χ0v) is 12.3. The van der Waals surface area contributed by atoms with Crippen molar-refractivity contribution in [3.8, 4) is 5.75 Å².